The third-order valence-electron chi connectivity index (χ3n) is 4.51. The second-order valence-corrected chi connectivity index (χ2v) is 6.36. The Morgan fingerprint density at radius 2 is 2.10 bits per heavy atom. The fourth-order valence-electron chi connectivity index (χ4n) is 3.22. The highest BCUT2D eigenvalue weighted by molar-refractivity contribution is 7.71. The van der Waals surface area contributed by atoms with Crippen molar-refractivity contribution < 1.29 is 0 Å². The molecule has 0 spiro atoms. The highest BCUT2D eigenvalue weighted by atomic mass is 32.1. The number of nitrogens with zero attached hydrogens (tertiary/aromatic N) is 2. The van der Waals surface area contributed by atoms with Gasteiger partial charge in [0.05, 0.1) is 16.6 Å². The van der Waals surface area contributed by atoms with Crippen molar-refractivity contribution in [2.45, 2.75) is 39.2 Å². The highest BCUT2D eigenvalue weighted by Crippen LogP contribution is 2.30. The lowest BCUT2D eigenvalue weighted by molar-refractivity contribution is 0.266. The third-order valence-corrected chi connectivity index (χ3v) is 4.83. The standard InChI is InChI=1S/C16H19N3S/c1-11-5-7-12(8-6-11)10-19-14-4-2-3-13(9-17)15(14)18-16(19)20/h2-4,11-12H,5-8,10H2,1H3,(H,18,20). The van der Waals surface area contributed by atoms with Gasteiger partial charge in [-0.25, -0.2) is 0 Å². The SMILES string of the molecule is CC1CCC(Cn2c(=S)[nH]c3c(C#N)cccc32)CC1. The summed E-state index contributed by atoms with van der Waals surface area (Å²) in [7, 11) is 0. The summed E-state index contributed by atoms with van der Waals surface area (Å²) in [5.41, 5.74) is 2.61. The number of nitriles is 1. The van der Waals surface area contributed by atoms with E-state index in [0.717, 1.165) is 28.3 Å². The quantitative estimate of drug-likeness (QED) is 0.831. The topological polar surface area (TPSA) is 44.5 Å². The van der Waals surface area contributed by atoms with Crippen LogP contribution in [0, 0.1) is 27.9 Å². The minimum Gasteiger partial charge on any atom is -0.329 e. The average molecular weight is 285 g/mol. The second kappa shape index (κ2) is 5.41. The molecule has 4 heteroatoms. The smallest absolute Gasteiger partial charge is 0.178 e. The zero-order valence-electron chi connectivity index (χ0n) is 11.7. The Bertz CT molecular complexity index is 711. The number of nitrogens with one attached hydrogen (secondary N) is 1. The Morgan fingerprint density at radius 1 is 1.35 bits per heavy atom. The van der Waals surface area contributed by atoms with Crippen molar-refractivity contribution in [3.05, 3.63) is 28.5 Å². The summed E-state index contributed by atoms with van der Waals surface area (Å²) >= 11 is 5.45. The van der Waals surface area contributed by atoms with Crippen LogP contribution in [0.5, 0.6) is 0 Å². The summed E-state index contributed by atoms with van der Waals surface area (Å²) in [4.78, 5) is 3.20. The highest BCUT2D eigenvalue weighted by Gasteiger charge is 2.20. The van der Waals surface area contributed by atoms with Gasteiger partial charge in [-0.15, -0.1) is 0 Å². The van der Waals surface area contributed by atoms with Crippen LogP contribution in [-0.2, 0) is 6.54 Å². The van der Waals surface area contributed by atoms with Gasteiger partial charge < -0.3 is 9.55 Å². The first-order chi connectivity index (χ1) is 9.69. The van der Waals surface area contributed by atoms with E-state index in [2.05, 4.69) is 22.5 Å². The maximum Gasteiger partial charge on any atom is 0.178 e. The summed E-state index contributed by atoms with van der Waals surface area (Å²) in [5, 5.41) is 9.17. The molecule has 1 saturated carbocycles. The van der Waals surface area contributed by atoms with Crippen LogP contribution in [0.15, 0.2) is 18.2 Å². The number of H-pyrrole nitrogens is 1. The Hall–Kier alpha value is -1.60. The molecule has 2 aromatic rings. The molecule has 0 saturated heterocycles. The number of hydrogen-bond donors (Lipinski definition) is 1. The minimum atomic E-state index is 0.671. The van der Waals surface area contributed by atoms with Crippen molar-refractivity contribution in [3.63, 3.8) is 0 Å². The van der Waals surface area contributed by atoms with E-state index in [-0.39, 0.29) is 0 Å². The molecule has 1 aromatic carbocycles. The van der Waals surface area contributed by atoms with Gasteiger partial charge in [0.2, 0.25) is 0 Å². The summed E-state index contributed by atoms with van der Waals surface area (Å²) in [6.45, 7) is 3.31. The monoisotopic (exact) mass is 285 g/mol. The maximum atomic E-state index is 9.17. The third kappa shape index (κ3) is 2.38. The first-order valence-electron chi connectivity index (χ1n) is 7.30. The molecule has 1 fully saturated rings. The van der Waals surface area contributed by atoms with Crippen LogP contribution in [-0.4, -0.2) is 9.55 Å². The summed E-state index contributed by atoms with van der Waals surface area (Å²) in [6, 6.07) is 8.05. The molecular weight excluding hydrogens is 266 g/mol. The van der Waals surface area contributed by atoms with Crippen LogP contribution >= 0.6 is 12.2 Å². The van der Waals surface area contributed by atoms with Crippen LogP contribution in [0.25, 0.3) is 11.0 Å². The molecule has 20 heavy (non-hydrogen) atoms. The van der Waals surface area contributed by atoms with Gasteiger partial charge in [0.25, 0.3) is 0 Å². The molecule has 3 nitrogen and oxygen atoms in total. The number of benzene rings is 1. The summed E-state index contributed by atoms with van der Waals surface area (Å²) < 4.78 is 2.91. The molecule has 1 aliphatic rings. The van der Waals surface area contributed by atoms with E-state index in [1.165, 1.54) is 25.7 Å². The van der Waals surface area contributed by atoms with Gasteiger partial charge in [-0.3, -0.25) is 0 Å². The molecule has 1 N–H and O–H groups in total. The van der Waals surface area contributed by atoms with E-state index in [1.807, 2.05) is 18.2 Å². The molecule has 3 rings (SSSR count). The van der Waals surface area contributed by atoms with Crippen molar-refractivity contribution in [1.29, 1.82) is 5.26 Å². The normalized spacial score (nSPS) is 22.8. The molecule has 0 unspecified atom stereocenters. The van der Waals surface area contributed by atoms with Gasteiger partial charge in [-0.1, -0.05) is 25.8 Å². The molecular formula is C16H19N3S. The molecule has 0 aliphatic heterocycles. The van der Waals surface area contributed by atoms with Crippen molar-refractivity contribution >= 4 is 23.3 Å². The molecule has 0 radical (unpaired) electrons. The first kappa shape index (κ1) is 13.4. The summed E-state index contributed by atoms with van der Waals surface area (Å²) in [6.07, 6.45) is 5.22. The minimum absolute atomic E-state index is 0.671. The van der Waals surface area contributed by atoms with Crippen LogP contribution < -0.4 is 0 Å². The molecule has 0 bridgehead atoms. The van der Waals surface area contributed by atoms with Crippen LogP contribution in [0.1, 0.15) is 38.2 Å². The number of aromatic nitrogens is 2. The second-order valence-electron chi connectivity index (χ2n) is 5.98. The zero-order chi connectivity index (χ0) is 14.1. The van der Waals surface area contributed by atoms with Crippen molar-refractivity contribution in [2.75, 3.05) is 0 Å². The summed E-state index contributed by atoms with van der Waals surface area (Å²) in [5.74, 6) is 1.58. The van der Waals surface area contributed by atoms with E-state index in [4.69, 9.17) is 12.2 Å². The fraction of sp³-hybridized carbons (Fsp3) is 0.500. The van der Waals surface area contributed by atoms with Gasteiger partial charge in [0.15, 0.2) is 4.77 Å². The maximum absolute atomic E-state index is 9.17. The fourth-order valence-corrected chi connectivity index (χ4v) is 3.50. The van der Waals surface area contributed by atoms with Crippen LogP contribution in [0.2, 0.25) is 0 Å². The molecule has 1 heterocycles. The lowest BCUT2D eigenvalue weighted by Crippen LogP contribution is -2.17. The number of aromatic amines is 1. The van der Waals surface area contributed by atoms with Crippen LogP contribution in [0.3, 0.4) is 0 Å². The molecule has 104 valence electrons. The molecule has 0 atom stereocenters. The Labute approximate surface area is 124 Å². The number of imidazole rings is 1. The van der Waals surface area contributed by atoms with E-state index in [1.54, 1.807) is 0 Å². The zero-order valence-corrected chi connectivity index (χ0v) is 12.5. The van der Waals surface area contributed by atoms with Gasteiger partial charge in [-0.05, 0) is 49.0 Å². The molecule has 1 aliphatic carbocycles. The number of rotatable bonds is 2. The predicted octanol–water partition coefficient (Wildman–Crippen LogP) is 4.40. The van der Waals surface area contributed by atoms with E-state index in [0.29, 0.717) is 11.5 Å². The Morgan fingerprint density at radius 3 is 2.80 bits per heavy atom. The predicted molar refractivity (Wildman–Crippen MR) is 83.0 cm³/mol. The lowest BCUT2D eigenvalue weighted by Gasteiger charge is -2.26. The van der Waals surface area contributed by atoms with E-state index < -0.39 is 0 Å². The Kier molecular flexibility index (Phi) is 3.62. The lowest BCUT2D eigenvalue weighted by atomic mass is 9.83. The van der Waals surface area contributed by atoms with Gasteiger partial charge >= 0.3 is 0 Å². The van der Waals surface area contributed by atoms with Gasteiger partial charge in [-0.2, -0.15) is 5.26 Å². The van der Waals surface area contributed by atoms with Crippen molar-refractivity contribution in [1.82, 2.24) is 9.55 Å². The Balaban J connectivity index is 1.94. The van der Waals surface area contributed by atoms with Crippen molar-refractivity contribution in [2.24, 2.45) is 11.8 Å². The van der Waals surface area contributed by atoms with Crippen molar-refractivity contribution in [3.8, 4) is 6.07 Å². The van der Waals surface area contributed by atoms with Gasteiger partial charge in [0, 0.05) is 6.54 Å². The van der Waals surface area contributed by atoms with Crippen LogP contribution in [0.4, 0.5) is 0 Å². The number of fused-ring (bicyclic) bond motifs is 1. The number of para-hydroxylation sites is 1. The molecule has 0 amide bonds. The number of hydrogen-bond acceptors (Lipinski definition) is 2. The molecule has 1 aromatic heterocycles. The van der Waals surface area contributed by atoms with Gasteiger partial charge in [0.1, 0.15) is 6.07 Å². The first-order valence-corrected chi connectivity index (χ1v) is 7.71. The van der Waals surface area contributed by atoms with E-state index in [9.17, 15) is 5.26 Å². The van der Waals surface area contributed by atoms with E-state index >= 15 is 0 Å². The largest absolute Gasteiger partial charge is 0.329 e. The average Bonchev–Trinajstić information content (AvgIpc) is 2.77.